The molecule has 1 aromatic heterocycles. The highest BCUT2D eigenvalue weighted by atomic mass is 16.6. The minimum absolute atomic E-state index is 0.0803. The van der Waals surface area contributed by atoms with Crippen molar-refractivity contribution in [3.8, 4) is 0 Å². The first kappa shape index (κ1) is 21.3. The average Bonchev–Trinajstić information content (AvgIpc) is 3.41. The minimum Gasteiger partial charge on any atom is -0.444 e. The Hall–Kier alpha value is -2.90. The van der Waals surface area contributed by atoms with Gasteiger partial charge >= 0.3 is 6.09 Å². The molecule has 0 spiro atoms. The van der Waals surface area contributed by atoms with Gasteiger partial charge in [0.05, 0.1) is 17.8 Å². The molecule has 4 atom stereocenters. The predicted molar refractivity (Wildman–Crippen MR) is 119 cm³/mol. The Morgan fingerprint density at radius 3 is 2.94 bits per heavy atom. The summed E-state index contributed by atoms with van der Waals surface area (Å²) in [5.41, 5.74) is 1.43. The summed E-state index contributed by atoms with van der Waals surface area (Å²) in [6, 6.07) is 5.40. The third-order valence-electron chi connectivity index (χ3n) is 6.08. The topological polar surface area (TPSA) is 99.7 Å². The number of rotatable bonds is 5. The second-order valence-corrected chi connectivity index (χ2v) is 9.58. The summed E-state index contributed by atoms with van der Waals surface area (Å²) in [6.45, 7) is 5.54. The number of fused-ring (bicyclic) bond motifs is 3. The fourth-order valence-electron chi connectivity index (χ4n) is 4.86. The van der Waals surface area contributed by atoms with Gasteiger partial charge in [-0.05, 0) is 64.0 Å². The van der Waals surface area contributed by atoms with Crippen LogP contribution in [0.1, 0.15) is 45.6 Å². The molecule has 166 valence electrons. The molecule has 1 aromatic carbocycles. The molecule has 2 bridgehead atoms. The maximum atomic E-state index is 13.3. The molecular formula is C23H31N5O3. The van der Waals surface area contributed by atoms with E-state index in [1.807, 2.05) is 39.0 Å². The molecule has 2 heterocycles. The molecular weight excluding hydrogens is 394 g/mol. The maximum Gasteiger partial charge on any atom is 0.411 e. The molecule has 1 aliphatic heterocycles. The van der Waals surface area contributed by atoms with E-state index in [0.717, 1.165) is 35.7 Å². The summed E-state index contributed by atoms with van der Waals surface area (Å²) < 4.78 is 5.61. The van der Waals surface area contributed by atoms with Gasteiger partial charge in [0.15, 0.2) is 0 Å². The molecule has 0 radical (unpaired) electrons. The molecule has 2 aliphatic rings. The largest absolute Gasteiger partial charge is 0.444 e. The number of amides is 2. The standard InChI is InChI=1S/C23H31N5O3/c1-23(2,3)31-22(30)28-18-8-7-15(11-18)20(28)21(29)26-17(13-24-4)9-14-5-6-16-12-25-27-19(16)10-14/h5-6,10,12-13,15,17-18,20H,7-9,11H2,1-4H3,(H,25,27)(H,26,29)/b24-13-/t15-,17?,18+,20-/m0/s1. The van der Waals surface area contributed by atoms with Crippen molar-refractivity contribution >= 4 is 29.1 Å². The van der Waals surface area contributed by atoms with Crippen LogP contribution in [-0.2, 0) is 16.0 Å². The molecule has 2 amide bonds. The lowest BCUT2D eigenvalue weighted by atomic mass is 9.97. The number of nitrogens with one attached hydrogen (secondary N) is 2. The second kappa shape index (κ2) is 8.32. The number of ether oxygens (including phenoxy) is 1. The monoisotopic (exact) mass is 425 g/mol. The number of H-pyrrole nitrogens is 1. The van der Waals surface area contributed by atoms with Gasteiger partial charge in [-0.15, -0.1) is 0 Å². The summed E-state index contributed by atoms with van der Waals surface area (Å²) >= 11 is 0. The van der Waals surface area contributed by atoms with Gasteiger partial charge in [-0.2, -0.15) is 5.10 Å². The third kappa shape index (κ3) is 4.57. The number of likely N-dealkylation sites (tertiary alicyclic amines) is 1. The first-order valence-electron chi connectivity index (χ1n) is 10.9. The summed E-state index contributed by atoms with van der Waals surface area (Å²) in [5, 5.41) is 11.2. The number of hydrogen-bond acceptors (Lipinski definition) is 5. The normalized spacial score (nSPS) is 24.1. The zero-order valence-electron chi connectivity index (χ0n) is 18.6. The number of aliphatic imine (C=N–C) groups is 1. The highest BCUT2D eigenvalue weighted by Crippen LogP contribution is 2.43. The van der Waals surface area contributed by atoms with E-state index in [-0.39, 0.29) is 23.9 Å². The minimum atomic E-state index is -0.595. The molecule has 4 rings (SSSR count). The SMILES string of the molecule is C/N=C\C(Cc1ccc2cn[nH]c2c1)NC(=O)[C@@H]1[C@H]2CC[C@H](C2)N1C(=O)OC(C)(C)C. The van der Waals surface area contributed by atoms with Crippen LogP contribution >= 0.6 is 0 Å². The average molecular weight is 426 g/mol. The number of nitrogens with zero attached hydrogens (tertiary/aromatic N) is 3. The molecule has 1 saturated heterocycles. The summed E-state index contributed by atoms with van der Waals surface area (Å²) in [4.78, 5) is 32.0. The van der Waals surface area contributed by atoms with Crippen LogP contribution in [-0.4, -0.2) is 64.1 Å². The van der Waals surface area contributed by atoms with Crippen LogP contribution in [0.25, 0.3) is 10.9 Å². The predicted octanol–water partition coefficient (Wildman–Crippen LogP) is 3.08. The van der Waals surface area contributed by atoms with E-state index in [0.29, 0.717) is 6.42 Å². The van der Waals surface area contributed by atoms with Gasteiger partial charge in [-0.3, -0.25) is 19.8 Å². The molecule has 1 aliphatic carbocycles. The van der Waals surface area contributed by atoms with Gasteiger partial charge in [0, 0.05) is 24.7 Å². The van der Waals surface area contributed by atoms with E-state index in [4.69, 9.17) is 4.74 Å². The molecule has 2 fully saturated rings. The van der Waals surface area contributed by atoms with E-state index in [2.05, 4.69) is 20.5 Å². The van der Waals surface area contributed by atoms with Gasteiger partial charge in [0.25, 0.3) is 0 Å². The molecule has 8 heteroatoms. The number of carbonyl (C=O) groups excluding carboxylic acids is 2. The Labute approximate surface area is 182 Å². The molecule has 8 nitrogen and oxygen atoms in total. The van der Waals surface area contributed by atoms with Crippen LogP contribution in [0.4, 0.5) is 4.79 Å². The summed E-state index contributed by atoms with van der Waals surface area (Å²) in [5.74, 6) is 0.0451. The lowest BCUT2D eigenvalue weighted by Crippen LogP contribution is -2.55. The Morgan fingerprint density at radius 2 is 2.19 bits per heavy atom. The number of aromatic nitrogens is 2. The third-order valence-corrected chi connectivity index (χ3v) is 6.08. The Bertz CT molecular complexity index is 993. The van der Waals surface area contributed by atoms with Crippen molar-refractivity contribution in [1.82, 2.24) is 20.4 Å². The zero-order valence-corrected chi connectivity index (χ0v) is 18.6. The van der Waals surface area contributed by atoms with Crippen LogP contribution in [0.5, 0.6) is 0 Å². The fourth-order valence-corrected chi connectivity index (χ4v) is 4.86. The van der Waals surface area contributed by atoms with Crippen molar-refractivity contribution in [2.45, 2.75) is 70.2 Å². The molecule has 2 N–H and O–H groups in total. The van der Waals surface area contributed by atoms with Crippen LogP contribution < -0.4 is 5.32 Å². The van der Waals surface area contributed by atoms with Gasteiger partial charge < -0.3 is 10.1 Å². The van der Waals surface area contributed by atoms with Gasteiger partial charge in [0.1, 0.15) is 11.6 Å². The van der Waals surface area contributed by atoms with Gasteiger partial charge in [-0.1, -0.05) is 12.1 Å². The lowest BCUT2D eigenvalue weighted by Gasteiger charge is -2.36. The lowest BCUT2D eigenvalue weighted by molar-refractivity contribution is -0.128. The van der Waals surface area contributed by atoms with E-state index < -0.39 is 17.7 Å². The van der Waals surface area contributed by atoms with Crippen molar-refractivity contribution in [2.24, 2.45) is 10.9 Å². The Balaban J connectivity index is 1.48. The van der Waals surface area contributed by atoms with Gasteiger partial charge in [-0.25, -0.2) is 4.79 Å². The van der Waals surface area contributed by atoms with E-state index in [9.17, 15) is 9.59 Å². The number of benzene rings is 1. The number of piperidine rings is 1. The first-order chi connectivity index (χ1) is 14.7. The number of aromatic amines is 1. The molecule has 31 heavy (non-hydrogen) atoms. The molecule has 1 unspecified atom stereocenters. The quantitative estimate of drug-likeness (QED) is 0.719. The zero-order chi connectivity index (χ0) is 22.2. The van der Waals surface area contributed by atoms with Crippen molar-refractivity contribution in [2.75, 3.05) is 7.05 Å². The van der Waals surface area contributed by atoms with Crippen LogP contribution in [0.3, 0.4) is 0 Å². The van der Waals surface area contributed by atoms with Crippen molar-refractivity contribution in [3.05, 3.63) is 30.0 Å². The highest BCUT2D eigenvalue weighted by molar-refractivity contribution is 5.89. The summed E-state index contributed by atoms with van der Waals surface area (Å²) in [6.07, 6.45) is 6.49. The summed E-state index contributed by atoms with van der Waals surface area (Å²) in [7, 11) is 1.70. The van der Waals surface area contributed by atoms with Crippen molar-refractivity contribution in [3.63, 3.8) is 0 Å². The Kier molecular flexibility index (Phi) is 5.73. The van der Waals surface area contributed by atoms with E-state index in [1.165, 1.54) is 0 Å². The molecule has 2 aromatic rings. The molecule has 1 saturated carbocycles. The number of hydrogen-bond donors (Lipinski definition) is 2. The second-order valence-electron chi connectivity index (χ2n) is 9.58. The number of carbonyl (C=O) groups is 2. The van der Waals surface area contributed by atoms with Crippen LogP contribution in [0.15, 0.2) is 29.4 Å². The first-order valence-corrected chi connectivity index (χ1v) is 10.9. The van der Waals surface area contributed by atoms with E-state index in [1.54, 1.807) is 24.4 Å². The van der Waals surface area contributed by atoms with Crippen molar-refractivity contribution < 1.29 is 14.3 Å². The van der Waals surface area contributed by atoms with E-state index >= 15 is 0 Å². The fraction of sp³-hybridized carbons (Fsp3) is 0.565. The van der Waals surface area contributed by atoms with Crippen LogP contribution in [0.2, 0.25) is 0 Å². The van der Waals surface area contributed by atoms with Crippen molar-refractivity contribution in [1.29, 1.82) is 0 Å². The Morgan fingerprint density at radius 1 is 1.39 bits per heavy atom. The van der Waals surface area contributed by atoms with Gasteiger partial charge in [0.2, 0.25) is 5.91 Å². The maximum absolute atomic E-state index is 13.3. The smallest absolute Gasteiger partial charge is 0.411 e. The highest BCUT2D eigenvalue weighted by Gasteiger charge is 2.52. The van der Waals surface area contributed by atoms with Crippen LogP contribution in [0, 0.1) is 5.92 Å².